The van der Waals surface area contributed by atoms with Gasteiger partial charge < -0.3 is 9.64 Å². The van der Waals surface area contributed by atoms with E-state index in [1.54, 1.807) is 7.11 Å². The first-order valence-electron chi connectivity index (χ1n) is 6.73. The molecule has 1 unspecified atom stereocenters. The minimum absolute atomic E-state index is 0.191. The third-order valence-electron chi connectivity index (χ3n) is 3.88. The average molecular weight is 248 g/mol. The highest BCUT2D eigenvalue weighted by molar-refractivity contribution is 5.99. The molecule has 3 nitrogen and oxygen atoms in total. The Hall–Kier alpha value is -1.35. The van der Waals surface area contributed by atoms with Crippen LogP contribution in [0, 0.1) is 0 Å². The number of carbonyl (C=O) groups excluding carboxylic acids is 1. The molecule has 1 N–H and O–H groups in total. The van der Waals surface area contributed by atoms with E-state index in [1.165, 1.54) is 24.2 Å². The minimum Gasteiger partial charge on any atom is -0.496 e. The van der Waals surface area contributed by atoms with Gasteiger partial charge in [0.1, 0.15) is 12.3 Å². The van der Waals surface area contributed by atoms with Crippen molar-refractivity contribution in [3.63, 3.8) is 0 Å². The molecule has 0 bridgehead atoms. The van der Waals surface area contributed by atoms with Gasteiger partial charge in [-0.05, 0) is 38.3 Å². The number of hydrogen-bond donors (Lipinski definition) is 1. The van der Waals surface area contributed by atoms with Gasteiger partial charge in [0.15, 0.2) is 0 Å². The monoisotopic (exact) mass is 248 g/mol. The molecule has 1 aromatic carbocycles. The Morgan fingerprint density at radius 3 is 2.89 bits per heavy atom. The van der Waals surface area contributed by atoms with Crippen molar-refractivity contribution in [2.75, 3.05) is 20.2 Å². The summed E-state index contributed by atoms with van der Waals surface area (Å²) in [4.78, 5) is 13.8. The fraction of sp³-hybridized carbons (Fsp3) is 0.533. The molecule has 1 heterocycles. The van der Waals surface area contributed by atoms with E-state index < -0.39 is 0 Å². The zero-order chi connectivity index (χ0) is 13.0. The number of quaternary nitrogens is 1. The fourth-order valence-electron chi connectivity index (χ4n) is 2.69. The van der Waals surface area contributed by atoms with Gasteiger partial charge in [-0.3, -0.25) is 4.79 Å². The van der Waals surface area contributed by atoms with Gasteiger partial charge in [0.2, 0.25) is 5.78 Å². The van der Waals surface area contributed by atoms with Crippen LogP contribution in [0.3, 0.4) is 0 Å². The van der Waals surface area contributed by atoms with Crippen LogP contribution >= 0.6 is 0 Å². The Kier molecular flexibility index (Phi) is 4.37. The minimum atomic E-state index is 0.191. The number of benzene rings is 1. The highest BCUT2D eigenvalue weighted by Gasteiger charge is 2.25. The van der Waals surface area contributed by atoms with Gasteiger partial charge in [-0.15, -0.1) is 0 Å². The fourth-order valence-corrected chi connectivity index (χ4v) is 2.69. The number of hydrogen-bond acceptors (Lipinski definition) is 2. The van der Waals surface area contributed by atoms with Gasteiger partial charge in [0.05, 0.1) is 25.3 Å². The molecule has 98 valence electrons. The maximum atomic E-state index is 12.3. The molecule has 0 aromatic heterocycles. The van der Waals surface area contributed by atoms with Crippen molar-refractivity contribution in [3.05, 3.63) is 29.8 Å². The van der Waals surface area contributed by atoms with Crippen LogP contribution < -0.4 is 9.64 Å². The lowest BCUT2D eigenvalue weighted by Crippen LogP contribution is -3.16. The lowest BCUT2D eigenvalue weighted by molar-refractivity contribution is -0.920. The van der Waals surface area contributed by atoms with Crippen LogP contribution in [0.1, 0.15) is 36.5 Å². The second-order valence-electron chi connectivity index (χ2n) is 5.11. The van der Waals surface area contributed by atoms with Crippen molar-refractivity contribution in [1.82, 2.24) is 0 Å². The highest BCUT2D eigenvalue weighted by atomic mass is 16.5. The number of para-hydroxylation sites is 1. The zero-order valence-corrected chi connectivity index (χ0v) is 11.2. The Morgan fingerprint density at radius 1 is 1.39 bits per heavy atom. The van der Waals surface area contributed by atoms with Crippen LogP contribution in [0.4, 0.5) is 0 Å². The Balaban J connectivity index is 2.07. The molecule has 1 saturated heterocycles. The summed E-state index contributed by atoms with van der Waals surface area (Å²) in [5.41, 5.74) is 0.713. The SMILES string of the molecule is COc1ccccc1C(=O)C[NH+]1CCCC[C@@H]1C. The summed E-state index contributed by atoms with van der Waals surface area (Å²) in [6, 6.07) is 8.09. The highest BCUT2D eigenvalue weighted by Crippen LogP contribution is 2.17. The number of carbonyl (C=O) groups is 1. The second kappa shape index (κ2) is 6.01. The van der Waals surface area contributed by atoms with Crippen LogP contribution in [0.15, 0.2) is 24.3 Å². The van der Waals surface area contributed by atoms with Gasteiger partial charge in [-0.25, -0.2) is 0 Å². The van der Waals surface area contributed by atoms with Gasteiger partial charge >= 0.3 is 0 Å². The standard InChI is InChI=1S/C15H21NO2/c1-12-7-5-6-10-16(12)11-14(17)13-8-3-4-9-15(13)18-2/h3-4,8-9,12H,5-7,10-11H2,1-2H3/p+1/t12-/m0/s1. The van der Waals surface area contributed by atoms with Gasteiger partial charge in [-0.2, -0.15) is 0 Å². The third-order valence-corrected chi connectivity index (χ3v) is 3.88. The Labute approximate surface area is 109 Å². The summed E-state index contributed by atoms with van der Waals surface area (Å²) < 4.78 is 5.25. The molecule has 1 aromatic rings. The van der Waals surface area contributed by atoms with Crippen LogP contribution in [0.25, 0.3) is 0 Å². The topological polar surface area (TPSA) is 30.7 Å². The van der Waals surface area contributed by atoms with Crippen molar-refractivity contribution in [1.29, 1.82) is 0 Å². The van der Waals surface area contributed by atoms with E-state index in [4.69, 9.17) is 4.74 Å². The number of rotatable bonds is 4. The number of methoxy groups -OCH3 is 1. The molecule has 3 heteroatoms. The lowest BCUT2D eigenvalue weighted by atomic mass is 10.0. The number of ether oxygens (including phenoxy) is 1. The molecule has 0 aliphatic carbocycles. The number of likely N-dealkylation sites (tertiary alicyclic amines) is 1. The van der Waals surface area contributed by atoms with Crippen LogP contribution in [-0.4, -0.2) is 32.0 Å². The molecule has 1 aliphatic rings. The summed E-state index contributed by atoms with van der Waals surface area (Å²) in [5, 5.41) is 0. The van der Waals surface area contributed by atoms with Gasteiger partial charge in [0, 0.05) is 0 Å². The number of ketones is 1. The second-order valence-corrected chi connectivity index (χ2v) is 5.11. The van der Waals surface area contributed by atoms with E-state index in [2.05, 4.69) is 6.92 Å². The van der Waals surface area contributed by atoms with Crippen LogP contribution in [0.5, 0.6) is 5.75 Å². The Morgan fingerprint density at radius 2 is 2.17 bits per heavy atom. The maximum absolute atomic E-state index is 12.3. The van der Waals surface area contributed by atoms with Crippen molar-refractivity contribution >= 4 is 5.78 Å². The average Bonchev–Trinajstić information content (AvgIpc) is 2.41. The van der Waals surface area contributed by atoms with Crippen molar-refractivity contribution < 1.29 is 14.4 Å². The number of nitrogens with one attached hydrogen (secondary N) is 1. The number of piperidine rings is 1. The predicted octanol–water partition coefficient (Wildman–Crippen LogP) is 1.34. The predicted molar refractivity (Wildman–Crippen MR) is 71.3 cm³/mol. The first-order valence-corrected chi connectivity index (χ1v) is 6.73. The van der Waals surface area contributed by atoms with E-state index in [9.17, 15) is 4.79 Å². The first kappa shape index (κ1) is 13.1. The van der Waals surface area contributed by atoms with Crippen LogP contribution in [0.2, 0.25) is 0 Å². The zero-order valence-electron chi connectivity index (χ0n) is 11.2. The normalized spacial score (nSPS) is 23.7. The van der Waals surface area contributed by atoms with Crippen molar-refractivity contribution in [2.45, 2.75) is 32.2 Å². The van der Waals surface area contributed by atoms with E-state index in [-0.39, 0.29) is 5.78 Å². The molecular formula is C15H22NO2+. The number of Topliss-reactive ketones (excluding diaryl/α,β-unsaturated/α-hetero) is 1. The summed E-state index contributed by atoms with van der Waals surface area (Å²) in [5.74, 6) is 0.878. The van der Waals surface area contributed by atoms with Crippen molar-refractivity contribution in [3.8, 4) is 5.75 Å². The molecule has 1 aliphatic heterocycles. The molecule has 0 amide bonds. The molecule has 0 saturated carbocycles. The van der Waals surface area contributed by atoms with Gasteiger partial charge in [0.25, 0.3) is 0 Å². The summed E-state index contributed by atoms with van der Waals surface area (Å²) in [6.45, 7) is 3.94. The molecule has 0 spiro atoms. The molecule has 0 radical (unpaired) electrons. The lowest BCUT2D eigenvalue weighted by Gasteiger charge is -2.29. The first-order chi connectivity index (χ1) is 8.72. The third kappa shape index (κ3) is 2.91. The summed E-state index contributed by atoms with van der Waals surface area (Å²) in [7, 11) is 1.61. The molecular weight excluding hydrogens is 226 g/mol. The molecule has 18 heavy (non-hydrogen) atoms. The smallest absolute Gasteiger partial charge is 0.220 e. The molecule has 2 rings (SSSR count). The Bertz CT molecular complexity index is 417. The van der Waals surface area contributed by atoms with Gasteiger partial charge in [-0.1, -0.05) is 12.1 Å². The van der Waals surface area contributed by atoms with E-state index >= 15 is 0 Å². The molecule has 1 fully saturated rings. The van der Waals surface area contributed by atoms with E-state index in [0.717, 1.165) is 6.54 Å². The van der Waals surface area contributed by atoms with Crippen LogP contribution in [-0.2, 0) is 0 Å². The van der Waals surface area contributed by atoms with E-state index in [1.807, 2.05) is 24.3 Å². The summed E-state index contributed by atoms with van der Waals surface area (Å²) >= 11 is 0. The maximum Gasteiger partial charge on any atom is 0.220 e. The van der Waals surface area contributed by atoms with E-state index in [0.29, 0.717) is 23.9 Å². The molecule has 2 atom stereocenters. The quantitative estimate of drug-likeness (QED) is 0.815. The summed E-state index contributed by atoms with van der Waals surface area (Å²) in [6.07, 6.45) is 3.76. The van der Waals surface area contributed by atoms with Crippen molar-refractivity contribution in [2.24, 2.45) is 0 Å². The largest absolute Gasteiger partial charge is 0.496 e.